The smallest absolute Gasteiger partial charge is 0.463 e. The second-order valence-corrected chi connectivity index (χ2v) is 16.5. The van der Waals surface area contributed by atoms with Gasteiger partial charge in [-0.1, -0.05) is 166 Å². The summed E-state index contributed by atoms with van der Waals surface area (Å²) >= 11 is 0. The van der Waals surface area contributed by atoms with E-state index in [-0.39, 0.29) is 32.1 Å². The average Bonchev–Trinajstić information content (AvgIpc) is 3.17. The first-order valence-electron chi connectivity index (χ1n) is 22.5. The molecule has 3 N–H and O–H groups in total. The van der Waals surface area contributed by atoms with E-state index in [4.69, 9.17) is 13.8 Å². The summed E-state index contributed by atoms with van der Waals surface area (Å²) in [6, 6.07) is 0. The fraction of sp³-hybridized carbons (Fsp3) is 0.822. The van der Waals surface area contributed by atoms with Gasteiger partial charge in [0.05, 0.1) is 13.2 Å². The largest absolute Gasteiger partial charge is 0.472 e. The number of phosphoric ester groups is 1. The second kappa shape index (κ2) is 41.9. The van der Waals surface area contributed by atoms with Crippen LogP contribution in [0.25, 0.3) is 0 Å². The fourth-order valence-corrected chi connectivity index (χ4v) is 6.88. The van der Waals surface area contributed by atoms with Gasteiger partial charge >= 0.3 is 13.8 Å². The molecule has 9 nitrogen and oxygen atoms in total. The minimum atomic E-state index is -4.42. The Hall–Kier alpha value is -1.77. The van der Waals surface area contributed by atoms with Crippen molar-refractivity contribution >= 4 is 19.7 Å². The minimum absolute atomic E-state index is 0.0741. The number of aliphatic hydroxyl groups is 1. The van der Waals surface area contributed by atoms with Crippen molar-refractivity contribution in [3.8, 4) is 0 Å². The normalized spacial score (nSPS) is 13.6. The van der Waals surface area contributed by atoms with Gasteiger partial charge in [0.1, 0.15) is 12.7 Å². The lowest BCUT2D eigenvalue weighted by molar-refractivity contribution is -0.147. The quantitative estimate of drug-likeness (QED) is 0.0241. The molecule has 0 rings (SSSR count). The van der Waals surface area contributed by atoms with Gasteiger partial charge in [0.15, 0.2) is 0 Å². The van der Waals surface area contributed by atoms with E-state index >= 15 is 0 Å². The predicted octanol–water partition coefficient (Wildman–Crippen LogP) is 12.6. The van der Waals surface area contributed by atoms with Crippen LogP contribution in [0.3, 0.4) is 0 Å². The topological polar surface area (TPSA) is 131 Å². The maximum atomic E-state index is 12.1. The molecule has 0 saturated carbocycles. The molecule has 0 aromatic rings. The molecular weight excluding hydrogens is 713 g/mol. The minimum Gasteiger partial charge on any atom is -0.463 e. The van der Waals surface area contributed by atoms with Crippen LogP contribution < -0.4 is 5.32 Å². The third-order valence-corrected chi connectivity index (χ3v) is 10.5. The van der Waals surface area contributed by atoms with Gasteiger partial charge in [-0.15, -0.1) is 0 Å². The van der Waals surface area contributed by atoms with Crippen molar-refractivity contribution in [1.29, 1.82) is 0 Å². The maximum Gasteiger partial charge on any atom is 0.472 e. The lowest BCUT2D eigenvalue weighted by atomic mass is 10.0. The zero-order chi connectivity index (χ0) is 40.3. The number of amides is 1. The Morgan fingerprint density at radius 3 is 1.55 bits per heavy atom. The standard InChI is InChI=1S/C45H84NO8P/c1-3-5-7-9-11-13-15-17-18-19-20-21-22-23-24-26-28-30-32-34-36-38-45(49)52-41-43(47)42-54-55(50,51)53-40-39-46-44(48)37-35-33-31-29-27-25-16-14-12-10-8-6-4-2/h8,10,14,16-18,43,47H,3-7,9,11-13,15,19-42H2,1-2H3,(H,46,48)(H,50,51)/b10-8-,16-14-,18-17+. The Morgan fingerprint density at radius 2 is 1.02 bits per heavy atom. The van der Waals surface area contributed by atoms with Gasteiger partial charge in [0.2, 0.25) is 5.91 Å². The van der Waals surface area contributed by atoms with Crippen molar-refractivity contribution in [1.82, 2.24) is 5.32 Å². The molecule has 2 unspecified atom stereocenters. The molecule has 0 aliphatic rings. The van der Waals surface area contributed by atoms with E-state index in [0.717, 1.165) is 70.6 Å². The Labute approximate surface area is 337 Å². The molecular formula is C45H84NO8P. The van der Waals surface area contributed by atoms with Crippen LogP contribution in [0.5, 0.6) is 0 Å². The molecule has 0 saturated heterocycles. The zero-order valence-corrected chi connectivity index (χ0v) is 36.3. The van der Waals surface area contributed by atoms with Crippen LogP contribution in [0, 0.1) is 0 Å². The summed E-state index contributed by atoms with van der Waals surface area (Å²) in [5.74, 6) is -0.529. The van der Waals surface area contributed by atoms with E-state index in [2.05, 4.69) is 55.6 Å². The summed E-state index contributed by atoms with van der Waals surface area (Å²) in [6.45, 7) is 3.48. The molecule has 0 spiro atoms. The summed E-state index contributed by atoms with van der Waals surface area (Å²) in [6.07, 6.45) is 46.5. The molecule has 1 amide bonds. The molecule has 0 aromatic heterocycles. The Bertz CT molecular complexity index is 1000. The number of ether oxygens (including phenoxy) is 1. The van der Waals surface area contributed by atoms with Crippen LogP contribution in [0.15, 0.2) is 36.5 Å². The third-order valence-electron chi connectivity index (χ3n) is 9.52. The first-order chi connectivity index (χ1) is 26.8. The van der Waals surface area contributed by atoms with E-state index in [9.17, 15) is 24.2 Å². The number of phosphoric acid groups is 1. The summed E-state index contributed by atoms with van der Waals surface area (Å²) in [5, 5.41) is 12.7. The summed E-state index contributed by atoms with van der Waals surface area (Å²) < 4.78 is 26.9. The summed E-state index contributed by atoms with van der Waals surface area (Å²) in [7, 11) is -4.42. The number of nitrogens with one attached hydrogen (secondary N) is 1. The van der Waals surface area contributed by atoms with Crippen molar-refractivity contribution in [2.45, 2.75) is 213 Å². The van der Waals surface area contributed by atoms with Crippen molar-refractivity contribution in [2.24, 2.45) is 0 Å². The van der Waals surface area contributed by atoms with Gasteiger partial charge < -0.3 is 20.1 Å². The highest BCUT2D eigenvalue weighted by atomic mass is 31.2. The number of allylic oxidation sites excluding steroid dienone is 6. The number of hydrogen-bond donors (Lipinski definition) is 3. The number of aliphatic hydroxyl groups excluding tert-OH is 1. The van der Waals surface area contributed by atoms with E-state index in [0.29, 0.717) is 6.42 Å². The maximum absolute atomic E-state index is 12.1. The molecule has 322 valence electrons. The second-order valence-electron chi connectivity index (χ2n) is 15.0. The van der Waals surface area contributed by atoms with Crippen LogP contribution in [0.2, 0.25) is 0 Å². The van der Waals surface area contributed by atoms with Gasteiger partial charge in [-0.25, -0.2) is 4.57 Å². The number of esters is 1. The molecule has 0 bridgehead atoms. The monoisotopic (exact) mass is 798 g/mol. The number of unbranched alkanes of at least 4 members (excludes halogenated alkanes) is 23. The first-order valence-corrected chi connectivity index (χ1v) is 24.0. The molecule has 55 heavy (non-hydrogen) atoms. The predicted molar refractivity (Wildman–Crippen MR) is 229 cm³/mol. The SMILES string of the molecule is CCC/C=C\C/C=C\CCCCCCCC(=O)NCCOP(=O)(O)OCC(O)COC(=O)CCCCCCCCCCCCC/C=C/CCCCCCCC. The van der Waals surface area contributed by atoms with Crippen LogP contribution in [0.1, 0.15) is 206 Å². The fourth-order valence-electron chi connectivity index (χ4n) is 6.12. The van der Waals surface area contributed by atoms with Gasteiger partial charge in [-0.2, -0.15) is 0 Å². The van der Waals surface area contributed by atoms with E-state index in [1.165, 1.54) is 109 Å². The van der Waals surface area contributed by atoms with Gasteiger partial charge in [0.25, 0.3) is 0 Å². The van der Waals surface area contributed by atoms with E-state index < -0.39 is 26.5 Å². The summed E-state index contributed by atoms with van der Waals surface area (Å²) in [4.78, 5) is 33.9. The first kappa shape index (κ1) is 53.2. The third kappa shape index (κ3) is 43.2. The Balaban J connectivity index is 3.57. The van der Waals surface area contributed by atoms with Crippen molar-refractivity contribution in [2.75, 3.05) is 26.4 Å². The lowest BCUT2D eigenvalue weighted by Crippen LogP contribution is -2.27. The van der Waals surface area contributed by atoms with E-state index in [1.807, 2.05) is 0 Å². The molecule has 2 atom stereocenters. The zero-order valence-electron chi connectivity index (χ0n) is 35.4. The molecule has 0 heterocycles. The summed E-state index contributed by atoms with van der Waals surface area (Å²) in [5.41, 5.74) is 0. The van der Waals surface area contributed by atoms with E-state index in [1.54, 1.807) is 0 Å². The molecule has 0 aliphatic carbocycles. The molecule has 0 fully saturated rings. The number of carbonyl (C=O) groups is 2. The molecule has 0 radical (unpaired) electrons. The highest BCUT2D eigenvalue weighted by Gasteiger charge is 2.23. The number of carbonyl (C=O) groups excluding carboxylic acids is 2. The highest BCUT2D eigenvalue weighted by Crippen LogP contribution is 2.42. The van der Waals surface area contributed by atoms with Crippen LogP contribution in [-0.2, 0) is 27.9 Å². The molecule has 10 heteroatoms. The molecule has 0 aliphatic heterocycles. The molecule has 0 aromatic carbocycles. The van der Waals surface area contributed by atoms with Crippen LogP contribution in [-0.4, -0.2) is 54.3 Å². The Kier molecular flexibility index (Phi) is 40.5. The average molecular weight is 798 g/mol. The van der Waals surface area contributed by atoms with Gasteiger partial charge in [-0.05, 0) is 64.2 Å². The van der Waals surface area contributed by atoms with Crippen molar-refractivity contribution < 1.29 is 37.9 Å². The van der Waals surface area contributed by atoms with Gasteiger partial charge in [0, 0.05) is 19.4 Å². The number of hydrogen-bond acceptors (Lipinski definition) is 7. The Morgan fingerprint density at radius 1 is 0.564 bits per heavy atom. The van der Waals surface area contributed by atoms with Crippen LogP contribution >= 0.6 is 7.82 Å². The number of rotatable bonds is 42. The van der Waals surface area contributed by atoms with Crippen LogP contribution in [0.4, 0.5) is 0 Å². The lowest BCUT2D eigenvalue weighted by Gasteiger charge is -2.15. The van der Waals surface area contributed by atoms with Crippen molar-refractivity contribution in [3.05, 3.63) is 36.5 Å². The van der Waals surface area contributed by atoms with Crippen molar-refractivity contribution in [3.63, 3.8) is 0 Å². The van der Waals surface area contributed by atoms with Gasteiger partial charge in [-0.3, -0.25) is 18.6 Å². The highest BCUT2D eigenvalue weighted by molar-refractivity contribution is 7.47.